The van der Waals surface area contributed by atoms with Crippen molar-refractivity contribution >= 4 is 27.9 Å². The van der Waals surface area contributed by atoms with Crippen LogP contribution in [0.15, 0.2) is 22.7 Å². The number of rotatable bonds is 6. The van der Waals surface area contributed by atoms with E-state index in [-0.39, 0.29) is 0 Å². The Morgan fingerprint density at radius 3 is 1.52 bits per heavy atom. The number of carbonyl (C=O) groups excluding carboxylic acids is 2. The van der Waals surface area contributed by atoms with E-state index in [1.165, 1.54) is 0 Å². The highest BCUT2D eigenvalue weighted by molar-refractivity contribution is 9.10. The van der Waals surface area contributed by atoms with Crippen LogP contribution in [0.2, 0.25) is 0 Å². The maximum Gasteiger partial charge on any atom is 0.339 e. The van der Waals surface area contributed by atoms with Crippen molar-refractivity contribution in [2.45, 2.75) is 64.6 Å². The smallest absolute Gasteiger partial charge is 0.339 e. The summed E-state index contributed by atoms with van der Waals surface area (Å²) >= 11 is 3.48. The van der Waals surface area contributed by atoms with Gasteiger partial charge in [-0.1, -0.05) is 6.07 Å². The van der Waals surface area contributed by atoms with Gasteiger partial charge < -0.3 is 20.1 Å². The lowest BCUT2D eigenvalue weighted by atomic mass is 9.83. The van der Waals surface area contributed by atoms with Crippen LogP contribution < -0.4 is 10.6 Å². The molecule has 31 heavy (non-hydrogen) atoms. The summed E-state index contributed by atoms with van der Waals surface area (Å²) in [6, 6.07) is 5.09. The van der Waals surface area contributed by atoms with E-state index in [9.17, 15) is 9.59 Å². The first-order chi connectivity index (χ1) is 14.6. The van der Waals surface area contributed by atoms with E-state index in [0.717, 1.165) is 51.9 Å². The van der Waals surface area contributed by atoms with Crippen LogP contribution in [0.3, 0.4) is 0 Å². The Bertz CT molecular complexity index is 735. The van der Waals surface area contributed by atoms with Crippen molar-refractivity contribution in [3.63, 3.8) is 0 Å². The molecule has 2 aliphatic heterocycles. The molecule has 1 aromatic rings. The minimum absolute atomic E-state index is 0.335. The second-order valence-electron chi connectivity index (χ2n) is 9.93. The minimum atomic E-state index is -0.554. The third-order valence-electron chi connectivity index (χ3n) is 6.99. The molecule has 0 aliphatic carbocycles. The summed E-state index contributed by atoms with van der Waals surface area (Å²) in [6.45, 7) is 12.2. The zero-order chi connectivity index (χ0) is 22.6. The average molecular weight is 497 g/mol. The van der Waals surface area contributed by atoms with E-state index in [1.54, 1.807) is 18.2 Å². The molecule has 2 saturated heterocycles. The van der Waals surface area contributed by atoms with Crippen molar-refractivity contribution in [2.24, 2.45) is 11.8 Å². The van der Waals surface area contributed by atoms with Gasteiger partial charge in [-0.15, -0.1) is 0 Å². The number of benzene rings is 1. The van der Waals surface area contributed by atoms with E-state index in [4.69, 9.17) is 9.47 Å². The van der Waals surface area contributed by atoms with Gasteiger partial charge in [0.15, 0.2) is 0 Å². The zero-order valence-electron chi connectivity index (χ0n) is 19.2. The highest BCUT2D eigenvalue weighted by Gasteiger charge is 2.38. The SMILES string of the molecule is CC(C)(OC(=O)c1cccc(C(=O)OC(C)(C)C2CC[NH2+]CC2)c1Br)C1CC[NH2+]CC1. The first kappa shape index (κ1) is 24.2. The summed E-state index contributed by atoms with van der Waals surface area (Å²) in [5, 5.41) is 4.60. The van der Waals surface area contributed by atoms with Gasteiger partial charge in [0.1, 0.15) is 11.2 Å². The van der Waals surface area contributed by atoms with Gasteiger partial charge in [0.25, 0.3) is 0 Å². The Labute approximate surface area is 194 Å². The summed E-state index contributed by atoms with van der Waals surface area (Å²) in [4.78, 5) is 26.0. The quantitative estimate of drug-likeness (QED) is 0.591. The predicted octanol–water partition coefficient (Wildman–Crippen LogP) is 2.27. The molecule has 0 radical (unpaired) electrons. The van der Waals surface area contributed by atoms with Crippen molar-refractivity contribution in [1.82, 2.24) is 0 Å². The number of esters is 2. The lowest BCUT2D eigenvalue weighted by Crippen LogP contribution is -2.86. The van der Waals surface area contributed by atoms with Crippen LogP contribution in [0.4, 0.5) is 0 Å². The summed E-state index contributed by atoms with van der Waals surface area (Å²) in [5.41, 5.74) is -0.396. The number of piperidine rings is 2. The molecule has 6 nitrogen and oxygen atoms in total. The van der Waals surface area contributed by atoms with Gasteiger partial charge in [-0.3, -0.25) is 0 Å². The third kappa shape index (κ3) is 5.88. The molecule has 172 valence electrons. The fourth-order valence-electron chi connectivity index (χ4n) is 4.85. The Morgan fingerprint density at radius 1 is 0.806 bits per heavy atom. The molecular formula is C24H37BrN2O4+2. The van der Waals surface area contributed by atoms with Crippen molar-refractivity contribution in [1.29, 1.82) is 0 Å². The van der Waals surface area contributed by atoms with E-state index < -0.39 is 23.1 Å². The first-order valence-electron chi connectivity index (χ1n) is 11.5. The lowest BCUT2D eigenvalue weighted by Gasteiger charge is -2.36. The van der Waals surface area contributed by atoms with Crippen LogP contribution in [0.25, 0.3) is 0 Å². The van der Waals surface area contributed by atoms with E-state index in [0.29, 0.717) is 27.4 Å². The zero-order valence-corrected chi connectivity index (χ0v) is 20.8. The number of nitrogens with two attached hydrogens (primary N) is 2. The van der Waals surface area contributed by atoms with Crippen LogP contribution in [-0.4, -0.2) is 49.3 Å². The standard InChI is InChI=1S/C24H35BrN2O4/c1-23(2,16-8-12-26-13-9-16)30-21(28)18-6-5-7-19(20(18)25)22(29)31-24(3,4)17-10-14-27-15-11-17/h5-7,16-17,26-27H,8-15H2,1-4H3/p+2. The molecule has 0 unspecified atom stereocenters. The second kappa shape index (κ2) is 10.0. The molecule has 0 atom stereocenters. The van der Waals surface area contributed by atoms with E-state index in [2.05, 4.69) is 26.6 Å². The van der Waals surface area contributed by atoms with Crippen molar-refractivity contribution in [2.75, 3.05) is 26.2 Å². The normalized spacial score (nSPS) is 19.1. The van der Waals surface area contributed by atoms with E-state index >= 15 is 0 Å². The van der Waals surface area contributed by atoms with Gasteiger partial charge in [-0.2, -0.15) is 0 Å². The molecular weight excluding hydrogens is 460 g/mol. The third-order valence-corrected chi connectivity index (χ3v) is 7.85. The van der Waals surface area contributed by atoms with Crippen LogP contribution in [0, 0.1) is 11.8 Å². The maximum absolute atomic E-state index is 13.0. The van der Waals surface area contributed by atoms with Gasteiger partial charge in [-0.25, -0.2) is 9.59 Å². The molecule has 4 N–H and O–H groups in total. The number of carbonyl (C=O) groups is 2. The summed E-state index contributed by atoms with van der Waals surface area (Å²) in [5.74, 6) is -0.157. The number of halogens is 1. The monoisotopic (exact) mass is 496 g/mol. The van der Waals surface area contributed by atoms with Gasteiger partial charge in [-0.05, 0) is 55.8 Å². The fraction of sp³-hybridized carbons (Fsp3) is 0.667. The lowest BCUT2D eigenvalue weighted by molar-refractivity contribution is -0.666. The molecule has 0 saturated carbocycles. The molecule has 0 amide bonds. The maximum atomic E-state index is 13.0. The van der Waals surface area contributed by atoms with Gasteiger partial charge >= 0.3 is 11.9 Å². The number of hydrogen-bond donors (Lipinski definition) is 2. The highest BCUT2D eigenvalue weighted by Crippen LogP contribution is 2.33. The predicted molar refractivity (Wildman–Crippen MR) is 122 cm³/mol. The molecule has 0 bridgehead atoms. The first-order valence-corrected chi connectivity index (χ1v) is 12.3. The van der Waals surface area contributed by atoms with Gasteiger partial charge in [0.05, 0.1) is 37.3 Å². The number of ether oxygens (including phenoxy) is 2. The van der Waals surface area contributed by atoms with Crippen LogP contribution in [0.5, 0.6) is 0 Å². The van der Waals surface area contributed by atoms with Gasteiger partial charge in [0.2, 0.25) is 0 Å². The molecule has 2 heterocycles. The van der Waals surface area contributed by atoms with Crippen LogP contribution in [0.1, 0.15) is 74.1 Å². The molecule has 2 fully saturated rings. The molecule has 0 aromatic heterocycles. The van der Waals surface area contributed by atoms with E-state index in [1.807, 2.05) is 27.7 Å². The highest BCUT2D eigenvalue weighted by atomic mass is 79.9. The summed E-state index contributed by atoms with van der Waals surface area (Å²) < 4.78 is 12.3. The number of quaternary nitrogens is 2. The van der Waals surface area contributed by atoms with Crippen molar-refractivity contribution in [3.05, 3.63) is 33.8 Å². The topological polar surface area (TPSA) is 85.8 Å². The number of hydrogen-bond acceptors (Lipinski definition) is 4. The molecule has 3 rings (SSSR count). The Balaban J connectivity index is 1.72. The Hall–Kier alpha value is -1.44. The largest absolute Gasteiger partial charge is 0.456 e. The fourth-order valence-corrected chi connectivity index (χ4v) is 5.43. The Morgan fingerprint density at radius 2 is 1.16 bits per heavy atom. The molecule has 7 heteroatoms. The summed E-state index contributed by atoms with van der Waals surface area (Å²) in [6.07, 6.45) is 4.12. The van der Waals surface area contributed by atoms with Crippen LogP contribution in [-0.2, 0) is 9.47 Å². The average Bonchev–Trinajstić information content (AvgIpc) is 2.74. The van der Waals surface area contributed by atoms with Crippen LogP contribution >= 0.6 is 15.9 Å². The molecule has 2 aliphatic rings. The molecule has 0 spiro atoms. The van der Waals surface area contributed by atoms with Gasteiger partial charge in [0, 0.05) is 42.0 Å². The minimum Gasteiger partial charge on any atom is -0.456 e. The molecule has 1 aromatic carbocycles. The Kier molecular flexibility index (Phi) is 7.81. The second-order valence-corrected chi connectivity index (χ2v) is 10.7. The summed E-state index contributed by atoms with van der Waals surface area (Å²) in [7, 11) is 0. The van der Waals surface area contributed by atoms with Crippen molar-refractivity contribution in [3.8, 4) is 0 Å². The van der Waals surface area contributed by atoms with Crippen molar-refractivity contribution < 1.29 is 29.7 Å².